The molecule has 0 aliphatic carbocycles. The summed E-state index contributed by atoms with van der Waals surface area (Å²) in [6.07, 6.45) is 2.56. The second kappa shape index (κ2) is 28.9. The van der Waals surface area contributed by atoms with E-state index in [1.54, 1.807) is 27.7 Å². The standard InChI is InChI=1S/C9H21FO6P2.C9H22O6P2.C7H14ClFN2.C4H8O.Na.H/c1-5-13-17(11,14-6-2)9(10)18(12,15-7-3)16-8-4;1-5-12-16(10,13-6-2)9-17(11,14-7-3)15-8-4;8-7-10-1-4-11(9,5-2-10)6-3-10;1-2-4-5-3-1;;/h9H,5-8H2,1-4H3;5-9H2,1-4H3;1-7H2;1-4H2;;/q;;+2;;+1;-1. The molecule has 4 rings (SSSR count). The van der Waals surface area contributed by atoms with Crippen molar-refractivity contribution in [2.24, 2.45) is 0 Å². The van der Waals surface area contributed by atoms with Crippen molar-refractivity contribution in [1.82, 2.24) is 0 Å². The molecule has 0 amide bonds. The molecule has 0 aromatic heterocycles. The molecule has 0 saturated carbocycles. The van der Waals surface area contributed by atoms with E-state index in [0.717, 1.165) is 37.3 Å². The van der Waals surface area contributed by atoms with Gasteiger partial charge in [0.15, 0.2) is 31.5 Å². The minimum absolute atomic E-state index is 0. The van der Waals surface area contributed by atoms with Crippen molar-refractivity contribution in [1.29, 1.82) is 0 Å². The number of quaternary nitrogens is 2. The van der Waals surface area contributed by atoms with Crippen LogP contribution in [0.1, 0.15) is 69.7 Å². The topological polar surface area (TPSA) is 151 Å². The molecule has 2 bridgehead atoms. The van der Waals surface area contributed by atoms with Crippen LogP contribution in [0.15, 0.2) is 0 Å². The molecule has 310 valence electrons. The number of alkyl halides is 2. The summed E-state index contributed by atoms with van der Waals surface area (Å²) < 4.78 is 122. The summed E-state index contributed by atoms with van der Waals surface area (Å²) in [5, 5.41) is 0. The maximum Gasteiger partial charge on any atom is 1.00 e. The van der Waals surface area contributed by atoms with Gasteiger partial charge in [-0.1, -0.05) is 11.6 Å². The van der Waals surface area contributed by atoms with Gasteiger partial charge in [0.1, 0.15) is 19.6 Å². The van der Waals surface area contributed by atoms with Crippen LogP contribution in [-0.2, 0) is 59.2 Å². The normalized spacial score (nSPS) is 21.6. The molecule has 15 nitrogen and oxygen atoms in total. The van der Waals surface area contributed by atoms with Gasteiger partial charge in [-0.05, 0) is 72.7 Å². The third-order valence-electron chi connectivity index (χ3n) is 7.41. The van der Waals surface area contributed by atoms with Gasteiger partial charge in [-0.3, -0.25) is 22.7 Å². The molecule has 0 aromatic carbocycles. The van der Waals surface area contributed by atoms with Crippen molar-refractivity contribution in [3.63, 3.8) is 0 Å². The van der Waals surface area contributed by atoms with Gasteiger partial charge in [-0.15, -0.1) is 4.71 Å². The molecule has 0 atom stereocenters. The molecule has 0 aromatic rings. The van der Waals surface area contributed by atoms with Crippen LogP contribution in [0, 0.1) is 0 Å². The molecule has 4 aliphatic rings. The summed E-state index contributed by atoms with van der Waals surface area (Å²) >= 11 is 5.85. The summed E-state index contributed by atoms with van der Waals surface area (Å²) in [6, 6.07) is 0.667. The zero-order valence-corrected chi connectivity index (χ0v) is 39.2. The fourth-order valence-electron chi connectivity index (χ4n) is 4.98. The van der Waals surface area contributed by atoms with E-state index < -0.39 is 36.0 Å². The number of hydrogen-bond acceptors (Lipinski definition) is 13. The van der Waals surface area contributed by atoms with Crippen LogP contribution in [0.2, 0.25) is 0 Å². The van der Waals surface area contributed by atoms with E-state index >= 15 is 0 Å². The van der Waals surface area contributed by atoms with Crippen molar-refractivity contribution in [3.8, 4) is 0 Å². The monoisotopic (exact) mass is 870 g/mol. The van der Waals surface area contributed by atoms with Crippen molar-refractivity contribution >= 4 is 42.0 Å². The summed E-state index contributed by atoms with van der Waals surface area (Å²) in [6.45, 7) is 20.5. The van der Waals surface area contributed by atoms with Gasteiger partial charge in [0.25, 0.3) is 0 Å². The quantitative estimate of drug-likeness (QED) is 0.0337. The Kier molecular flexibility index (Phi) is 31.0. The fraction of sp³-hybridized carbons (Fsp3) is 1.00. The average molecular weight is 871 g/mol. The molecule has 0 N–H and O–H groups in total. The Hall–Kier alpha value is 1.63. The molecule has 52 heavy (non-hydrogen) atoms. The number of halogens is 3. The second-order valence-corrected chi connectivity index (χ2v) is 20.6. The first kappa shape index (κ1) is 55.7. The van der Waals surface area contributed by atoms with Gasteiger partial charge in [0.2, 0.25) is 0 Å². The van der Waals surface area contributed by atoms with Gasteiger partial charge < -0.3 is 42.4 Å². The van der Waals surface area contributed by atoms with Crippen molar-refractivity contribution < 1.29 is 108 Å². The predicted octanol–water partition coefficient (Wildman–Crippen LogP) is 5.89. The molecule has 0 spiro atoms. The first-order chi connectivity index (χ1) is 24.0. The molecule has 4 aliphatic heterocycles. The van der Waals surface area contributed by atoms with E-state index in [-0.39, 0.29) is 94.4 Å². The molecule has 23 heteroatoms. The van der Waals surface area contributed by atoms with E-state index in [1.807, 2.05) is 0 Å². The summed E-state index contributed by atoms with van der Waals surface area (Å²) in [4.78, 5) is 0. The SMILES string of the molecule is C1CCOC1.CCOP(=O)(CP(=O)(OCC)OCC)OCC.CCOP(=O)(OCC)C(F)P(=O)(OCC)OCC.F[N+]12CC[N+](CCl)(CC1)CC2.[H-].[Na+]. The fourth-order valence-corrected chi connectivity index (χ4v) is 14.3. The molecular weight excluding hydrogens is 805 g/mol. The van der Waals surface area contributed by atoms with Gasteiger partial charge in [-0.25, -0.2) is 4.39 Å². The first-order valence-corrected chi connectivity index (χ1v) is 25.0. The third kappa shape index (κ3) is 20.4. The van der Waals surface area contributed by atoms with E-state index in [1.165, 1.54) is 40.5 Å². The van der Waals surface area contributed by atoms with Gasteiger partial charge in [0.05, 0.1) is 52.9 Å². The van der Waals surface area contributed by atoms with Crippen molar-refractivity contribution in [2.45, 2.75) is 73.9 Å². The second-order valence-electron chi connectivity index (χ2n) is 11.2. The van der Waals surface area contributed by atoms with Crippen LogP contribution in [0.4, 0.5) is 8.87 Å². The Morgan fingerprint density at radius 1 is 0.596 bits per heavy atom. The van der Waals surface area contributed by atoms with Crippen LogP contribution in [-0.4, -0.2) is 132 Å². The molecular formula is C29H66ClF2N2NaO13P4+2. The maximum absolute atomic E-state index is 14.2. The van der Waals surface area contributed by atoms with Crippen LogP contribution in [0.25, 0.3) is 0 Å². The number of nitrogens with zero attached hydrogens (tertiary/aromatic N) is 2. The molecule has 0 unspecified atom stereocenters. The Morgan fingerprint density at radius 2 is 0.885 bits per heavy atom. The number of rotatable bonds is 21. The first-order valence-electron chi connectivity index (χ1n) is 17.8. The maximum atomic E-state index is 14.2. The smallest absolute Gasteiger partial charge is 1.00 e. The Balaban J connectivity index is -0.000000660. The van der Waals surface area contributed by atoms with Gasteiger partial charge in [0, 0.05) is 13.2 Å². The van der Waals surface area contributed by atoms with Crippen molar-refractivity contribution in [2.75, 3.05) is 117 Å². The largest absolute Gasteiger partial charge is 1.00 e. The third-order valence-corrected chi connectivity index (χ3v) is 18.5. The summed E-state index contributed by atoms with van der Waals surface area (Å²) in [5.41, 5.74) is -2.44. The molecule has 0 radical (unpaired) electrons. The van der Waals surface area contributed by atoms with E-state index in [9.17, 15) is 27.1 Å². The van der Waals surface area contributed by atoms with Crippen LogP contribution in [0.3, 0.4) is 0 Å². The summed E-state index contributed by atoms with van der Waals surface area (Å²) in [7, 11) is -15.2. The van der Waals surface area contributed by atoms with E-state index in [0.29, 0.717) is 25.6 Å². The molecule has 4 fully saturated rings. The zero-order chi connectivity index (χ0) is 39.1. The summed E-state index contributed by atoms with van der Waals surface area (Å²) in [5.74, 6) is -0.344. The van der Waals surface area contributed by atoms with Crippen LogP contribution in [0.5, 0.6) is 0 Å². The Morgan fingerprint density at radius 3 is 1.10 bits per heavy atom. The minimum atomic E-state index is -4.17. The van der Waals surface area contributed by atoms with E-state index in [4.69, 9.17) is 52.5 Å². The predicted molar refractivity (Wildman–Crippen MR) is 196 cm³/mol. The van der Waals surface area contributed by atoms with Gasteiger partial charge in [-0.2, -0.15) is 0 Å². The Labute approximate surface area is 339 Å². The van der Waals surface area contributed by atoms with Crippen molar-refractivity contribution in [3.05, 3.63) is 0 Å². The van der Waals surface area contributed by atoms with E-state index in [2.05, 4.69) is 0 Å². The Bertz CT molecular complexity index is 1010. The van der Waals surface area contributed by atoms with Crippen LogP contribution >= 0.6 is 42.0 Å². The zero-order valence-electron chi connectivity index (χ0n) is 33.8. The molecule has 4 saturated heterocycles. The minimum Gasteiger partial charge on any atom is -1.00 e. The number of hydrogen-bond donors (Lipinski definition) is 0. The molecule has 4 heterocycles. The average Bonchev–Trinajstić information content (AvgIpc) is 3.67. The number of ether oxygens (including phenoxy) is 1. The van der Waals surface area contributed by atoms with Gasteiger partial charge >= 0.3 is 65.6 Å². The number of piperazine rings is 3. The number of fused-ring (bicyclic) bond motifs is 3. The van der Waals surface area contributed by atoms with Crippen LogP contribution < -0.4 is 29.6 Å².